The standard InChI is InChI=1S/C17H18N2OS/c1-20-17-11-14(7-8-15(17)12-18)13-19-9-10-21-16-5-3-2-4-6-16/h2-8,11,19H,9-10,13H2,1H3. The van der Waals surface area contributed by atoms with Gasteiger partial charge in [-0.1, -0.05) is 24.3 Å². The molecule has 0 radical (unpaired) electrons. The second kappa shape index (κ2) is 8.35. The van der Waals surface area contributed by atoms with Crippen LogP contribution in [-0.4, -0.2) is 19.4 Å². The normalized spacial score (nSPS) is 10.1. The molecular weight excluding hydrogens is 280 g/mol. The molecule has 2 aromatic carbocycles. The first kappa shape index (κ1) is 15.4. The van der Waals surface area contributed by atoms with Crippen LogP contribution in [0.2, 0.25) is 0 Å². The molecule has 0 fully saturated rings. The minimum atomic E-state index is 0.570. The summed E-state index contributed by atoms with van der Waals surface area (Å²) in [6.45, 7) is 1.71. The van der Waals surface area contributed by atoms with Crippen molar-refractivity contribution in [3.63, 3.8) is 0 Å². The molecule has 0 saturated carbocycles. The van der Waals surface area contributed by atoms with Gasteiger partial charge >= 0.3 is 0 Å². The van der Waals surface area contributed by atoms with Crippen molar-refractivity contribution in [3.8, 4) is 11.8 Å². The lowest BCUT2D eigenvalue weighted by Gasteiger charge is -2.08. The van der Waals surface area contributed by atoms with E-state index in [0.29, 0.717) is 11.3 Å². The van der Waals surface area contributed by atoms with Crippen molar-refractivity contribution in [1.29, 1.82) is 5.26 Å². The number of rotatable bonds is 7. The van der Waals surface area contributed by atoms with Gasteiger partial charge < -0.3 is 10.1 Å². The lowest BCUT2D eigenvalue weighted by Crippen LogP contribution is -2.16. The second-order valence-corrected chi connectivity index (χ2v) is 5.65. The molecule has 0 saturated heterocycles. The zero-order valence-corrected chi connectivity index (χ0v) is 12.8. The van der Waals surface area contributed by atoms with Gasteiger partial charge in [-0.25, -0.2) is 0 Å². The third-order valence-corrected chi connectivity index (χ3v) is 4.02. The molecule has 0 atom stereocenters. The molecule has 2 aromatic rings. The van der Waals surface area contributed by atoms with Crippen molar-refractivity contribution in [3.05, 3.63) is 59.7 Å². The van der Waals surface area contributed by atoms with E-state index in [4.69, 9.17) is 10.00 Å². The Morgan fingerprint density at radius 1 is 1.19 bits per heavy atom. The number of thioether (sulfide) groups is 1. The van der Waals surface area contributed by atoms with E-state index in [1.165, 1.54) is 4.90 Å². The molecule has 2 rings (SSSR count). The Labute approximate surface area is 129 Å². The minimum absolute atomic E-state index is 0.570. The number of hydrogen-bond acceptors (Lipinski definition) is 4. The van der Waals surface area contributed by atoms with Crippen LogP contribution in [0.4, 0.5) is 0 Å². The smallest absolute Gasteiger partial charge is 0.136 e. The van der Waals surface area contributed by atoms with E-state index in [1.54, 1.807) is 13.2 Å². The molecule has 108 valence electrons. The van der Waals surface area contributed by atoms with Crippen LogP contribution < -0.4 is 10.1 Å². The molecule has 1 N–H and O–H groups in total. The van der Waals surface area contributed by atoms with Gasteiger partial charge in [0.15, 0.2) is 0 Å². The third kappa shape index (κ3) is 4.82. The zero-order valence-electron chi connectivity index (χ0n) is 12.0. The highest BCUT2D eigenvalue weighted by Gasteiger charge is 2.03. The van der Waals surface area contributed by atoms with Crippen molar-refractivity contribution in [2.24, 2.45) is 0 Å². The van der Waals surface area contributed by atoms with E-state index in [1.807, 2.05) is 30.0 Å². The average Bonchev–Trinajstić information content (AvgIpc) is 2.55. The molecule has 0 aliphatic carbocycles. The van der Waals surface area contributed by atoms with Crippen LogP contribution in [0.25, 0.3) is 0 Å². The topological polar surface area (TPSA) is 45.0 Å². The zero-order chi connectivity index (χ0) is 14.9. The molecule has 0 spiro atoms. The molecule has 0 aromatic heterocycles. The first-order chi connectivity index (χ1) is 10.3. The quantitative estimate of drug-likeness (QED) is 0.628. The maximum Gasteiger partial charge on any atom is 0.136 e. The number of nitrogens with one attached hydrogen (secondary N) is 1. The van der Waals surface area contributed by atoms with E-state index in [0.717, 1.165) is 24.4 Å². The van der Waals surface area contributed by atoms with Gasteiger partial charge in [-0.3, -0.25) is 0 Å². The SMILES string of the molecule is COc1cc(CNCCSc2ccccc2)ccc1C#N. The van der Waals surface area contributed by atoms with Gasteiger partial charge in [-0.15, -0.1) is 11.8 Å². The molecule has 0 aliphatic rings. The predicted octanol–water partition coefficient (Wildman–Crippen LogP) is 3.45. The number of methoxy groups -OCH3 is 1. The molecule has 0 bridgehead atoms. The maximum atomic E-state index is 8.95. The van der Waals surface area contributed by atoms with Crippen molar-refractivity contribution in [2.75, 3.05) is 19.4 Å². The Morgan fingerprint density at radius 3 is 2.71 bits per heavy atom. The van der Waals surface area contributed by atoms with Crippen LogP contribution in [0.3, 0.4) is 0 Å². The van der Waals surface area contributed by atoms with E-state index < -0.39 is 0 Å². The highest BCUT2D eigenvalue weighted by Crippen LogP contribution is 2.19. The minimum Gasteiger partial charge on any atom is -0.495 e. The molecular formula is C17H18N2OS. The first-order valence-corrected chi connectivity index (χ1v) is 7.77. The van der Waals surface area contributed by atoms with E-state index in [2.05, 4.69) is 35.7 Å². The lowest BCUT2D eigenvalue weighted by molar-refractivity contribution is 0.412. The average molecular weight is 298 g/mol. The number of ether oxygens (including phenoxy) is 1. The Bertz CT molecular complexity index is 608. The van der Waals surface area contributed by atoms with Gasteiger partial charge in [0.05, 0.1) is 12.7 Å². The van der Waals surface area contributed by atoms with E-state index >= 15 is 0 Å². The summed E-state index contributed by atoms with van der Waals surface area (Å²) in [7, 11) is 1.59. The fraction of sp³-hybridized carbons (Fsp3) is 0.235. The largest absolute Gasteiger partial charge is 0.495 e. The number of benzene rings is 2. The van der Waals surface area contributed by atoms with Crippen molar-refractivity contribution in [2.45, 2.75) is 11.4 Å². The van der Waals surface area contributed by atoms with E-state index in [-0.39, 0.29) is 0 Å². The monoisotopic (exact) mass is 298 g/mol. The summed E-state index contributed by atoms with van der Waals surface area (Å²) in [6, 6.07) is 18.2. The summed E-state index contributed by atoms with van der Waals surface area (Å²) >= 11 is 1.84. The summed E-state index contributed by atoms with van der Waals surface area (Å²) in [6.07, 6.45) is 0. The Hall–Kier alpha value is -1.96. The van der Waals surface area contributed by atoms with Crippen LogP contribution in [0.1, 0.15) is 11.1 Å². The highest BCUT2D eigenvalue weighted by atomic mass is 32.2. The number of nitrogens with zero attached hydrogens (tertiary/aromatic N) is 1. The van der Waals surface area contributed by atoms with Gasteiger partial charge in [0, 0.05) is 23.7 Å². The van der Waals surface area contributed by atoms with Crippen LogP contribution in [-0.2, 0) is 6.54 Å². The summed E-state index contributed by atoms with van der Waals surface area (Å²) in [5.41, 5.74) is 1.69. The summed E-state index contributed by atoms with van der Waals surface area (Å²) in [5.74, 6) is 1.66. The highest BCUT2D eigenvalue weighted by molar-refractivity contribution is 7.99. The molecule has 4 heteroatoms. The van der Waals surface area contributed by atoms with Gasteiger partial charge in [0.2, 0.25) is 0 Å². The fourth-order valence-electron chi connectivity index (χ4n) is 1.93. The Kier molecular flexibility index (Phi) is 6.14. The van der Waals surface area contributed by atoms with Crippen molar-refractivity contribution in [1.82, 2.24) is 5.32 Å². The Morgan fingerprint density at radius 2 is 2.00 bits per heavy atom. The lowest BCUT2D eigenvalue weighted by atomic mass is 10.1. The first-order valence-electron chi connectivity index (χ1n) is 6.79. The number of hydrogen-bond donors (Lipinski definition) is 1. The predicted molar refractivity (Wildman–Crippen MR) is 86.6 cm³/mol. The van der Waals surface area contributed by atoms with Gasteiger partial charge in [-0.05, 0) is 29.8 Å². The van der Waals surface area contributed by atoms with Gasteiger partial charge in [-0.2, -0.15) is 5.26 Å². The van der Waals surface area contributed by atoms with E-state index in [9.17, 15) is 0 Å². The summed E-state index contributed by atoms with van der Waals surface area (Å²) in [4.78, 5) is 1.29. The van der Waals surface area contributed by atoms with Crippen LogP contribution in [0, 0.1) is 11.3 Å². The second-order valence-electron chi connectivity index (χ2n) is 4.48. The number of nitriles is 1. The molecule has 0 aliphatic heterocycles. The maximum absolute atomic E-state index is 8.95. The van der Waals surface area contributed by atoms with Crippen molar-refractivity contribution < 1.29 is 4.74 Å². The summed E-state index contributed by atoms with van der Waals surface area (Å²) in [5, 5.41) is 12.3. The molecule has 0 amide bonds. The molecule has 0 heterocycles. The molecule has 21 heavy (non-hydrogen) atoms. The van der Waals surface area contributed by atoms with Gasteiger partial charge in [0.1, 0.15) is 11.8 Å². The third-order valence-electron chi connectivity index (χ3n) is 3.01. The van der Waals surface area contributed by atoms with Gasteiger partial charge in [0.25, 0.3) is 0 Å². The fourth-order valence-corrected chi connectivity index (χ4v) is 2.76. The van der Waals surface area contributed by atoms with Crippen molar-refractivity contribution >= 4 is 11.8 Å². The summed E-state index contributed by atoms with van der Waals surface area (Å²) < 4.78 is 5.21. The molecule has 3 nitrogen and oxygen atoms in total. The van der Waals surface area contributed by atoms with Crippen LogP contribution in [0.5, 0.6) is 5.75 Å². The van der Waals surface area contributed by atoms with Crippen LogP contribution >= 0.6 is 11.8 Å². The van der Waals surface area contributed by atoms with Crippen LogP contribution in [0.15, 0.2) is 53.4 Å². The Balaban J connectivity index is 1.75. The molecule has 0 unspecified atom stereocenters.